The Morgan fingerprint density at radius 1 is 1.53 bits per heavy atom. The molecule has 90 valence electrons. The molecule has 0 radical (unpaired) electrons. The van der Waals surface area contributed by atoms with Gasteiger partial charge in [0.1, 0.15) is 6.07 Å². The Labute approximate surface area is 109 Å². The van der Waals surface area contributed by atoms with Crippen molar-refractivity contribution >= 4 is 27.5 Å². The number of nitrogens with zero attached hydrogens (tertiary/aromatic N) is 2. The third-order valence-electron chi connectivity index (χ3n) is 2.26. The molecule has 0 atom stereocenters. The molecule has 17 heavy (non-hydrogen) atoms. The Hall–Kier alpha value is -1.54. The SMILES string of the molecule is CN(C)C(=O)CCNc1cc(Br)ccc1C#N. The monoisotopic (exact) mass is 295 g/mol. The third kappa shape index (κ3) is 4.08. The first-order chi connectivity index (χ1) is 8.04. The molecule has 0 aliphatic rings. The van der Waals surface area contributed by atoms with E-state index in [-0.39, 0.29) is 5.91 Å². The van der Waals surface area contributed by atoms with Gasteiger partial charge in [0, 0.05) is 31.5 Å². The maximum atomic E-state index is 11.4. The summed E-state index contributed by atoms with van der Waals surface area (Å²) in [6.45, 7) is 0.516. The molecule has 0 aromatic heterocycles. The average Bonchev–Trinajstić information content (AvgIpc) is 2.29. The van der Waals surface area contributed by atoms with Crippen molar-refractivity contribution in [2.75, 3.05) is 26.0 Å². The van der Waals surface area contributed by atoms with Crippen LogP contribution < -0.4 is 5.32 Å². The van der Waals surface area contributed by atoms with Crippen LogP contribution in [0.2, 0.25) is 0 Å². The molecule has 1 rings (SSSR count). The van der Waals surface area contributed by atoms with Gasteiger partial charge in [0.2, 0.25) is 5.91 Å². The topological polar surface area (TPSA) is 56.1 Å². The van der Waals surface area contributed by atoms with Crippen molar-refractivity contribution in [3.63, 3.8) is 0 Å². The molecule has 0 saturated heterocycles. The van der Waals surface area contributed by atoms with Crippen molar-refractivity contribution in [2.24, 2.45) is 0 Å². The molecule has 1 N–H and O–H groups in total. The van der Waals surface area contributed by atoms with Gasteiger partial charge in [0.05, 0.1) is 11.3 Å². The minimum atomic E-state index is 0.0611. The van der Waals surface area contributed by atoms with Crippen LogP contribution in [0, 0.1) is 11.3 Å². The summed E-state index contributed by atoms with van der Waals surface area (Å²) in [5.41, 5.74) is 1.32. The minimum absolute atomic E-state index is 0.0611. The number of carbonyl (C=O) groups is 1. The van der Waals surface area contributed by atoms with E-state index in [9.17, 15) is 4.79 Å². The van der Waals surface area contributed by atoms with Gasteiger partial charge in [-0.25, -0.2) is 0 Å². The molecule has 1 aromatic rings. The van der Waals surface area contributed by atoms with E-state index < -0.39 is 0 Å². The van der Waals surface area contributed by atoms with Crippen molar-refractivity contribution in [1.82, 2.24) is 4.90 Å². The van der Waals surface area contributed by atoms with Crippen LogP contribution >= 0.6 is 15.9 Å². The number of halogens is 1. The van der Waals surface area contributed by atoms with Gasteiger partial charge < -0.3 is 10.2 Å². The number of nitriles is 1. The van der Waals surface area contributed by atoms with E-state index in [1.165, 1.54) is 0 Å². The van der Waals surface area contributed by atoms with Crippen LogP contribution in [0.1, 0.15) is 12.0 Å². The number of benzene rings is 1. The Morgan fingerprint density at radius 3 is 2.82 bits per heavy atom. The van der Waals surface area contributed by atoms with Crippen LogP contribution in [0.4, 0.5) is 5.69 Å². The fourth-order valence-electron chi connectivity index (χ4n) is 1.29. The van der Waals surface area contributed by atoms with Crippen LogP contribution in [-0.2, 0) is 4.79 Å². The van der Waals surface area contributed by atoms with E-state index in [4.69, 9.17) is 5.26 Å². The summed E-state index contributed by atoms with van der Waals surface area (Å²) in [5.74, 6) is 0.0611. The second-order valence-electron chi connectivity index (χ2n) is 3.77. The number of nitrogens with one attached hydrogen (secondary N) is 1. The number of hydrogen-bond acceptors (Lipinski definition) is 3. The highest BCUT2D eigenvalue weighted by Crippen LogP contribution is 2.20. The molecule has 0 unspecified atom stereocenters. The number of rotatable bonds is 4. The lowest BCUT2D eigenvalue weighted by Crippen LogP contribution is -2.24. The molecule has 0 aliphatic carbocycles. The predicted molar refractivity (Wildman–Crippen MR) is 70.7 cm³/mol. The lowest BCUT2D eigenvalue weighted by molar-refractivity contribution is -0.128. The van der Waals surface area contributed by atoms with Crippen LogP contribution in [0.5, 0.6) is 0 Å². The lowest BCUT2D eigenvalue weighted by Gasteiger charge is -2.12. The molecule has 0 bridgehead atoms. The standard InChI is InChI=1S/C12H14BrN3O/c1-16(2)12(17)5-6-15-11-7-10(13)4-3-9(11)8-14/h3-4,7,15H,5-6H2,1-2H3. The largest absolute Gasteiger partial charge is 0.383 e. The molecular formula is C12H14BrN3O. The van der Waals surface area contributed by atoms with E-state index >= 15 is 0 Å². The zero-order valence-electron chi connectivity index (χ0n) is 9.83. The molecule has 0 spiro atoms. The fourth-order valence-corrected chi connectivity index (χ4v) is 1.65. The second-order valence-corrected chi connectivity index (χ2v) is 4.68. The normalized spacial score (nSPS) is 9.53. The van der Waals surface area contributed by atoms with Crippen LogP contribution in [0.15, 0.2) is 22.7 Å². The van der Waals surface area contributed by atoms with E-state index in [1.807, 2.05) is 12.1 Å². The molecule has 0 aliphatic heterocycles. The summed E-state index contributed by atoms with van der Waals surface area (Å²) in [6, 6.07) is 7.49. The molecule has 0 fully saturated rings. The van der Waals surface area contributed by atoms with E-state index in [0.717, 1.165) is 10.2 Å². The molecule has 5 heteroatoms. The first-order valence-electron chi connectivity index (χ1n) is 5.18. The van der Waals surface area contributed by atoms with Crippen molar-refractivity contribution < 1.29 is 4.79 Å². The second kappa shape index (κ2) is 6.26. The molecule has 1 amide bonds. The summed E-state index contributed by atoms with van der Waals surface area (Å²) in [5, 5.41) is 12.0. The van der Waals surface area contributed by atoms with E-state index in [1.54, 1.807) is 25.1 Å². The summed E-state index contributed by atoms with van der Waals surface area (Å²) < 4.78 is 0.901. The number of carbonyl (C=O) groups excluding carboxylic acids is 1. The van der Waals surface area contributed by atoms with Gasteiger partial charge in [-0.1, -0.05) is 15.9 Å². The molecule has 1 aromatic carbocycles. The first-order valence-corrected chi connectivity index (χ1v) is 5.97. The molecular weight excluding hydrogens is 282 g/mol. The zero-order chi connectivity index (χ0) is 12.8. The summed E-state index contributed by atoms with van der Waals surface area (Å²) >= 11 is 3.34. The number of amides is 1. The van der Waals surface area contributed by atoms with Crippen LogP contribution in [0.3, 0.4) is 0 Å². The summed E-state index contributed by atoms with van der Waals surface area (Å²) in [6.07, 6.45) is 0.407. The Morgan fingerprint density at radius 2 is 2.24 bits per heavy atom. The highest BCUT2D eigenvalue weighted by molar-refractivity contribution is 9.10. The Kier molecular flexibility index (Phi) is 4.98. The van der Waals surface area contributed by atoms with Gasteiger partial charge in [-0.15, -0.1) is 0 Å². The van der Waals surface area contributed by atoms with Crippen molar-refractivity contribution in [3.8, 4) is 6.07 Å². The highest BCUT2D eigenvalue weighted by Gasteiger charge is 2.05. The fraction of sp³-hybridized carbons (Fsp3) is 0.333. The van der Waals surface area contributed by atoms with Gasteiger partial charge >= 0.3 is 0 Å². The van der Waals surface area contributed by atoms with Gasteiger partial charge in [-0.2, -0.15) is 5.26 Å². The number of anilines is 1. The zero-order valence-corrected chi connectivity index (χ0v) is 11.4. The summed E-state index contributed by atoms with van der Waals surface area (Å²) in [4.78, 5) is 12.9. The molecule has 0 heterocycles. The number of hydrogen-bond donors (Lipinski definition) is 1. The van der Waals surface area contributed by atoms with Crippen LogP contribution in [0.25, 0.3) is 0 Å². The molecule has 0 saturated carbocycles. The van der Waals surface area contributed by atoms with Gasteiger partial charge in [0.15, 0.2) is 0 Å². The predicted octanol–water partition coefficient (Wildman–Crippen LogP) is 2.21. The van der Waals surface area contributed by atoms with Gasteiger partial charge in [0.25, 0.3) is 0 Å². The molecule has 4 nitrogen and oxygen atoms in total. The maximum Gasteiger partial charge on any atom is 0.223 e. The Bertz CT molecular complexity index is 452. The summed E-state index contributed by atoms with van der Waals surface area (Å²) in [7, 11) is 3.45. The quantitative estimate of drug-likeness (QED) is 0.926. The smallest absolute Gasteiger partial charge is 0.223 e. The van der Waals surface area contributed by atoms with E-state index in [2.05, 4.69) is 27.3 Å². The van der Waals surface area contributed by atoms with Gasteiger partial charge in [-0.3, -0.25) is 4.79 Å². The van der Waals surface area contributed by atoms with Crippen LogP contribution in [-0.4, -0.2) is 31.4 Å². The lowest BCUT2D eigenvalue weighted by atomic mass is 10.2. The average molecular weight is 296 g/mol. The van der Waals surface area contributed by atoms with E-state index in [0.29, 0.717) is 18.5 Å². The third-order valence-corrected chi connectivity index (χ3v) is 2.75. The minimum Gasteiger partial charge on any atom is -0.383 e. The Balaban J connectivity index is 2.60. The highest BCUT2D eigenvalue weighted by atomic mass is 79.9. The van der Waals surface area contributed by atoms with Gasteiger partial charge in [-0.05, 0) is 18.2 Å². The van der Waals surface area contributed by atoms with Crippen molar-refractivity contribution in [1.29, 1.82) is 5.26 Å². The van der Waals surface area contributed by atoms with Crippen molar-refractivity contribution in [2.45, 2.75) is 6.42 Å². The maximum absolute atomic E-state index is 11.4. The van der Waals surface area contributed by atoms with Crippen molar-refractivity contribution in [3.05, 3.63) is 28.2 Å². The first kappa shape index (κ1) is 13.5.